The molecule has 5 aromatic rings. The molecule has 3 aromatic carbocycles. The number of hydrogen-bond acceptors (Lipinski definition) is 5. The van der Waals surface area contributed by atoms with E-state index < -0.39 is 0 Å². The average Bonchev–Trinajstić information content (AvgIpc) is 2.90. The van der Waals surface area contributed by atoms with Gasteiger partial charge in [0.15, 0.2) is 0 Å². The van der Waals surface area contributed by atoms with Crippen LogP contribution in [0.4, 0.5) is 28.4 Å². The second kappa shape index (κ2) is 9.77. The van der Waals surface area contributed by atoms with E-state index >= 15 is 0 Å². The van der Waals surface area contributed by atoms with Crippen LogP contribution in [0.3, 0.4) is 0 Å². The summed E-state index contributed by atoms with van der Waals surface area (Å²) in [6, 6.07) is 26.2. The Morgan fingerprint density at radius 1 is 0.743 bits per heavy atom. The fraction of sp³-hybridized carbons (Fsp3) is 0. The molecule has 0 saturated heterocycles. The van der Waals surface area contributed by atoms with Crippen LogP contribution in [0, 0.1) is 12.3 Å². The Kier molecular flexibility index (Phi) is 6.05. The van der Waals surface area contributed by atoms with Gasteiger partial charge >= 0.3 is 0 Å². The van der Waals surface area contributed by atoms with Gasteiger partial charge in [0.05, 0.1) is 5.52 Å². The van der Waals surface area contributed by atoms with Gasteiger partial charge in [0, 0.05) is 63.5 Å². The molecular formula is C29H21N5O. The summed E-state index contributed by atoms with van der Waals surface area (Å²) in [4.78, 5) is 21.3. The van der Waals surface area contributed by atoms with Gasteiger partial charge in [-0.15, -0.1) is 6.42 Å². The lowest BCUT2D eigenvalue weighted by Gasteiger charge is -2.12. The van der Waals surface area contributed by atoms with Crippen molar-refractivity contribution in [1.29, 1.82) is 0 Å². The van der Waals surface area contributed by atoms with Gasteiger partial charge in [-0.25, -0.2) is 0 Å². The van der Waals surface area contributed by atoms with Crippen molar-refractivity contribution >= 4 is 45.2 Å². The third kappa shape index (κ3) is 5.10. The Balaban J connectivity index is 1.30. The Morgan fingerprint density at radius 2 is 1.51 bits per heavy atom. The summed E-state index contributed by atoms with van der Waals surface area (Å²) < 4.78 is 0. The van der Waals surface area contributed by atoms with E-state index in [0.29, 0.717) is 11.3 Å². The predicted molar refractivity (Wildman–Crippen MR) is 141 cm³/mol. The van der Waals surface area contributed by atoms with Gasteiger partial charge in [-0.1, -0.05) is 12.0 Å². The molecule has 0 aliphatic carbocycles. The van der Waals surface area contributed by atoms with Crippen molar-refractivity contribution in [3.8, 4) is 12.3 Å². The quantitative estimate of drug-likeness (QED) is 0.260. The fourth-order valence-corrected chi connectivity index (χ4v) is 3.68. The van der Waals surface area contributed by atoms with Crippen LogP contribution < -0.4 is 16.0 Å². The summed E-state index contributed by atoms with van der Waals surface area (Å²) in [5.74, 6) is 2.46. The SMILES string of the molecule is C#Cc1ccc2nccc(Nc3cccc(C(=O)Nc4ccc(Nc5ccncc5)cc4)c3)c2c1. The number of amides is 1. The highest BCUT2D eigenvalue weighted by molar-refractivity contribution is 6.05. The number of hydrogen-bond donors (Lipinski definition) is 3. The molecule has 0 saturated carbocycles. The molecule has 0 fully saturated rings. The third-order valence-electron chi connectivity index (χ3n) is 5.42. The van der Waals surface area contributed by atoms with Crippen LogP contribution in [0.25, 0.3) is 10.9 Å². The molecule has 0 bridgehead atoms. The van der Waals surface area contributed by atoms with Gasteiger partial charge in [-0.3, -0.25) is 14.8 Å². The Bertz CT molecular complexity index is 1540. The predicted octanol–water partition coefficient (Wildman–Crippen LogP) is 6.35. The molecule has 0 atom stereocenters. The zero-order valence-electron chi connectivity index (χ0n) is 18.7. The van der Waals surface area contributed by atoms with Crippen molar-refractivity contribution in [1.82, 2.24) is 9.97 Å². The van der Waals surface area contributed by atoms with E-state index in [-0.39, 0.29) is 5.91 Å². The van der Waals surface area contributed by atoms with Gasteiger partial charge in [0.2, 0.25) is 0 Å². The molecule has 168 valence electrons. The van der Waals surface area contributed by atoms with Gasteiger partial charge in [-0.05, 0) is 78.9 Å². The molecule has 0 radical (unpaired) electrons. The monoisotopic (exact) mass is 455 g/mol. The van der Waals surface area contributed by atoms with Crippen molar-refractivity contribution in [3.63, 3.8) is 0 Å². The van der Waals surface area contributed by atoms with Crippen LogP contribution in [0.2, 0.25) is 0 Å². The highest BCUT2D eigenvalue weighted by atomic mass is 16.1. The fourth-order valence-electron chi connectivity index (χ4n) is 3.68. The smallest absolute Gasteiger partial charge is 0.255 e. The Hall–Kier alpha value is -5.15. The van der Waals surface area contributed by atoms with Crippen LogP contribution >= 0.6 is 0 Å². The minimum Gasteiger partial charge on any atom is -0.355 e. The van der Waals surface area contributed by atoms with E-state index in [9.17, 15) is 4.79 Å². The zero-order valence-corrected chi connectivity index (χ0v) is 18.7. The standard InChI is InChI=1S/C29H21N5O/c1-2-20-6-11-27-26(18-20)28(14-17-31-27)33-25-5-3-4-21(19-25)29(35)34-23-9-7-22(8-10-23)32-24-12-15-30-16-13-24/h1,3-19H,(H,30,32)(H,31,33)(H,34,35). The number of terminal acetylenes is 1. The molecule has 35 heavy (non-hydrogen) atoms. The van der Waals surface area contributed by atoms with E-state index in [1.54, 1.807) is 24.7 Å². The number of pyridine rings is 2. The molecule has 6 nitrogen and oxygen atoms in total. The van der Waals surface area contributed by atoms with E-state index in [1.165, 1.54) is 0 Å². The second-order valence-electron chi connectivity index (χ2n) is 7.83. The molecule has 5 rings (SSSR count). The number of nitrogens with zero attached hydrogens (tertiary/aromatic N) is 2. The van der Waals surface area contributed by atoms with Crippen molar-refractivity contribution in [3.05, 3.63) is 115 Å². The summed E-state index contributed by atoms with van der Waals surface area (Å²) in [5.41, 5.74) is 6.37. The third-order valence-corrected chi connectivity index (χ3v) is 5.42. The highest BCUT2D eigenvalue weighted by Gasteiger charge is 2.09. The normalized spacial score (nSPS) is 10.4. The van der Waals surface area contributed by atoms with Crippen molar-refractivity contribution in [2.75, 3.05) is 16.0 Å². The summed E-state index contributed by atoms with van der Waals surface area (Å²) in [7, 11) is 0. The van der Waals surface area contributed by atoms with Crippen LogP contribution in [-0.4, -0.2) is 15.9 Å². The van der Waals surface area contributed by atoms with E-state index in [0.717, 1.165) is 39.2 Å². The maximum absolute atomic E-state index is 12.9. The summed E-state index contributed by atoms with van der Waals surface area (Å²) in [5, 5.41) is 10.5. The first-order chi connectivity index (χ1) is 17.2. The second-order valence-corrected chi connectivity index (χ2v) is 7.83. The number of carbonyl (C=O) groups excluding carboxylic acids is 1. The molecule has 3 N–H and O–H groups in total. The van der Waals surface area contributed by atoms with Crippen LogP contribution in [0.1, 0.15) is 15.9 Å². The summed E-state index contributed by atoms with van der Waals surface area (Å²) in [6.07, 6.45) is 10.8. The van der Waals surface area contributed by atoms with Gasteiger partial charge < -0.3 is 16.0 Å². The lowest BCUT2D eigenvalue weighted by molar-refractivity contribution is 0.102. The summed E-state index contributed by atoms with van der Waals surface area (Å²) >= 11 is 0. The number of fused-ring (bicyclic) bond motifs is 1. The van der Waals surface area contributed by atoms with Crippen LogP contribution in [0.15, 0.2) is 104 Å². The Morgan fingerprint density at radius 3 is 2.31 bits per heavy atom. The lowest BCUT2D eigenvalue weighted by atomic mass is 10.1. The highest BCUT2D eigenvalue weighted by Crippen LogP contribution is 2.27. The number of anilines is 5. The molecule has 6 heteroatoms. The van der Waals surface area contributed by atoms with E-state index in [1.807, 2.05) is 78.9 Å². The molecular weight excluding hydrogens is 434 g/mol. The molecule has 2 aromatic heterocycles. The number of benzene rings is 3. The minimum absolute atomic E-state index is 0.197. The van der Waals surface area contributed by atoms with Crippen molar-refractivity contribution < 1.29 is 4.79 Å². The summed E-state index contributed by atoms with van der Waals surface area (Å²) in [6.45, 7) is 0. The van der Waals surface area contributed by atoms with E-state index in [2.05, 4.69) is 31.8 Å². The first-order valence-electron chi connectivity index (χ1n) is 11.0. The van der Waals surface area contributed by atoms with Crippen molar-refractivity contribution in [2.24, 2.45) is 0 Å². The molecule has 2 heterocycles. The number of aromatic nitrogens is 2. The lowest BCUT2D eigenvalue weighted by Crippen LogP contribution is -2.12. The zero-order chi connectivity index (χ0) is 24.0. The minimum atomic E-state index is -0.197. The average molecular weight is 456 g/mol. The number of carbonyl (C=O) groups is 1. The molecule has 0 spiro atoms. The van der Waals surface area contributed by atoms with E-state index in [4.69, 9.17) is 6.42 Å². The van der Waals surface area contributed by atoms with Gasteiger partial charge in [-0.2, -0.15) is 0 Å². The Labute approximate surface area is 203 Å². The topological polar surface area (TPSA) is 78.9 Å². The molecule has 0 aliphatic heterocycles. The van der Waals surface area contributed by atoms with Crippen LogP contribution in [-0.2, 0) is 0 Å². The largest absolute Gasteiger partial charge is 0.355 e. The molecule has 0 unspecified atom stereocenters. The first-order valence-corrected chi connectivity index (χ1v) is 11.0. The first kappa shape index (κ1) is 21.7. The maximum Gasteiger partial charge on any atom is 0.255 e. The van der Waals surface area contributed by atoms with Crippen LogP contribution in [0.5, 0.6) is 0 Å². The maximum atomic E-state index is 12.9. The molecule has 1 amide bonds. The van der Waals surface area contributed by atoms with Gasteiger partial charge in [0.25, 0.3) is 5.91 Å². The number of nitrogens with one attached hydrogen (secondary N) is 3. The molecule has 0 aliphatic rings. The van der Waals surface area contributed by atoms with Gasteiger partial charge in [0.1, 0.15) is 0 Å². The van der Waals surface area contributed by atoms with Crippen molar-refractivity contribution in [2.45, 2.75) is 0 Å². The number of rotatable bonds is 6.